The molecule has 156 valence electrons. The Morgan fingerprint density at radius 2 is 2.00 bits per heavy atom. The molecule has 3 heterocycles. The molecule has 6 nitrogen and oxygen atoms in total. The van der Waals surface area contributed by atoms with Crippen LogP contribution < -0.4 is 5.32 Å². The van der Waals surface area contributed by atoms with E-state index in [1.54, 1.807) is 30.6 Å². The number of piperidine rings is 1. The fraction of sp³-hybridized carbons (Fsp3) is 0.318. The first-order valence-electron chi connectivity index (χ1n) is 10.0. The normalized spacial score (nSPS) is 14.8. The molecule has 1 fully saturated rings. The van der Waals surface area contributed by atoms with Crippen molar-refractivity contribution >= 4 is 29.1 Å². The van der Waals surface area contributed by atoms with Gasteiger partial charge >= 0.3 is 0 Å². The number of nitrogens with one attached hydrogen (secondary N) is 2. The third-order valence-corrected chi connectivity index (χ3v) is 6.09. The molecular formula is C22H23Cl2N5O. The largest absolute Gasteiger partial charge is 0.343 e. The lowest BCUT2D eigenvalue weighted by atomic mass is 9.96. The molecule has 3 aromatic rings. The molecule has 30 heavy (non-hydrogen) atoms. The Hall–Kier alpha value is -2.41. The van der Waals surface area contributed by atoms with Gasteiger partial charge in [0.05, 0.1) is 15.7 Å². The number of hydrogen-bond acceptors (Lipinski definition) is 4. The van der Waals surface area contributed by atoms with Crippen LogP contribution in [0.15, 0.2) is 48.8 Å². The van der Waals surface area contributed by atoms with E-state index < -0.39 is 0 Å². The minimum atomic E-state index is 0.0129. The summed E-state index contributed by atoms with van der Waals surface area (Å²) in [7, 11) is 0. The number of benzene rings is 1. The molecule has 0 atom stereocenters. The van der Waals surface area contributed by atoms with Crippen LogP contribution in [0.2, 0.25) is 10.0 Å². The number of amides is 1. The Morgan fingerprint density at radius 1 is 1.17 bits per heavy atom. The number of imidazole rings is 1. The number of pyridine rings is 1. The van der Waals surface area contributed by atoms with Crippen molar-refractivity contribution in [2.75, 3.05) is 19.6 Å². The minimum Gasteiger partial charge on any atom is -0.343 e. The first kappa shape index (κ1) is 20.8. The highest BCUT2D eigenvalue weighted by Gasteiger charge is 2.23. The van der Waals surface area contributed by atoms with Crippen LogP contribution in [0.4, 0.5) is 0 Å². The van der Waals surface area contributed by atoms with E-state index in [0.717, 1.165) is 49.7 Å². The van der Waals surface area contributed by atoms with Crippen LogP contribution in [0.3, 0.4) is 0 Å². The molecule has 0 spiro atoms. The second-order valence-corrected chi connectivity index (χ2v) is 8.26. The van der Waals surface area contributed by atoms with E-state index in [9.17, 15) is 4.79 Å². The number of hydrogen-bond donors (Lipinski definition) is 2. The van der Waals surface area contributed by atoms with Gasteiger partial charge in [-0.3, -0.25) is 4.79 Å². The highest BCUT2D eigenvalue weighted by atomic mass is 35.5. The van der Waals surface area contributed by atoms with E-state index in [-0.39, 0.29) is 5.91 Å². The third kappa shape index (κ3) is 5.01. The first-order valence-corrected chi connectivity index (χ1v) is 10.8. The molecule has 0 aliphatic carbocycles. The molecule has 1 saturated heterocycles. The Labute approximate surface area is 185 Å². The summed E-state index contributed by atoms with van der Waals surface area (Å²) in [5.41, 5.74) is 2.41. The molecule has 4 rings (SSSR count). The first-order chi connectivity index (χ1) is 14.6. The number of carbonyl (C=O) groups is 1. The number of carbonyl (C=O) groups excluding carboxylic acids is 1. The second-order valence-electron chi connectivity index (χ2n) is 7.45. The molecule has 1 aliphatic rings. The molecule has 0 unspecified atom stereocenters. The Morgan fingerprint density at radius 3 is 2.73 bits per heavy atom. The maximum absolute atomic E-state index is 12.7. The monoisotopic (exact) mass is 443 g/mol. The SMILES string of the molecule is O=C(c1ccc(Cl)c(Cl)c1)N1CCC(CNCc2cccc(-c3ncc[nH]3)n2)CC1. The molecule has 2 aromatic heterocycles. The summed E-state index contributed by atoms with van der Waals surface area (Å²) in [5, 5.41) is 4.37. The fourth-order valence-corrected chi connectivity index (χ4v) is 3.97. The number of halogens is 2. The van der Waals surface area contributed by atoms with Crippen LogP contribution >= 0.6 is 23.2 Å². The van der Waals surface area contributed by atoms with E-state index in [0.29, 0.717) is 28.1 Å². The van der Waals surface area contributed by atoms with Crippen molar-refractivity contribution in [3.63, 3.8) is 0 Å². The topological polar surface area (TPSA) is 73.9 Å². The lowest BCUT2D eigenvalue weighted by Crippen LogP contribution is -2.40. The molecule has 1 amide bonds. The van der Waals surface area contributed by atoms with Crippen molar-refractivity contribution < 1.29 is 4.79 Å². The van der Waals surface area contributed by atoms with E-state index in [2.05, 4.69) is 20.3 Å². The quantitative estimate of drug-likeness (QED) is 0.591. The van der Waals surface area contributed by atoms with Crippen molar-refractivity contribution in [1.82, 2.24) is 25.2 Å². The van der Waals surface area contributed by atoms with Gasteiger partial charge in [-0.15, -0.1) is 0 Å². The van der Waals surface area contributed by atoms with E-state index in [1.807, 2.05) is 23.1 Å². The second kappa shape index (κ2) is 9.60. The Kier molecular flexibility index (Phi) is 6.67. The zero-order valence-electron chi connectivity index (χ0n) is 16.4. The van der Waals surface area contributed by atoms with E-state index in [1.165, 1.54) is 0 Å². The number of likely N-dealkylation sites (tertiary alicyclic amines) is 1. The van der Waals surface area contributed by atoms with Crippen molar-refractivity contribution in [3.05, 3.63) is 70.1 Å². The number of aromatic amines is 1. The van der Waals surface area contributed by atoms with Crippen LogP contribution in [0.1, 0.15) is 28.9 Å². The summed E-state index contributed by atoms with van der Waals surface area (Å²) < 4.78 is 0. The van der Waals surface area contributed by atoms with Gasteiger partial charge in [0.25, 0.3) is 5.91 Å². The Balaban J connectivity index is 1.24. The van der Waals surface area contributed by atoms with Gasteiger partial charge in [0.1, 0.15) is 5.69 Å². The van der Waals surface area contributed by atoms with Gasteiger partial charge < -0.3 is 15.2 Å². The molecule has 0 saturated carbocycles. The number of H-pyrrole nitrogens is 1. The molecule has 0 bridgehead atoms. The standard InChI is InChI=1S/C22H23Cl2N5O/c23-18-5-4-16(12-19(18)24)22(30)29-10-6-15(7-11-29)13-25-14-17-2-1-3-20(28-17)21-26-8-9-27-21/h1-5,8-9,12,15,25H,6-7,10-11,13-14H2,(H,26,27). The van der Waals surface area contributed by atoms with Gasteiger partial charge in [0, 0.05) is 37.6 Å². The predicted octanol–water partition coefficient (Wildman–Crippen LogP) is 4.42. The predicted molar refractivity (Wildman–Crippen MR) is 119 cm³/mol. The van der Waals surface area contributed by atoms with Gasteiger partial charge in [-0.1, -0.05) is 29.3 Å². The molecule has 8 heteroatoms. The maximum Gasteiger partial charge on any atom is 0.253 e. The summed E-state index contributed by atoms with van der Waals surface area (Å²) in [6.07, 6.45) is 5.46. The molecule has 0 radical (unpaired) electrons. The van der Waals surface area contributed by atoms with E-state index >= 15 is 0 Å². The van der Waals surface area contributed by atoms with Gasteiger partial charge in [-0.2, -0.15) is 0 Å². The van der Waals surface area contributed by atoms with Gasteiger partial charge in [0.2, 0.25) is 0 Å². The van der Waals surface area contributed by atoms with Crippen molar-refractivity contribution in [2.24, 2.45) is 5.92 Å². The average molecular weight is 444 g/mol. The number of aromatic nitrogens is 3. The van der Waals surface area contributed by atoms with Gasteiger partial charge in [0.15, 0.2) is 5.82 Å². The minimum absolute atomic E-state index is 0.0129. The van der Waals surface area contributed by atoms with Crippen molar-refractivity contribution in [1.29, 1.82) is 0 Å². The smallest absolute Gasteiger partial charge is 0.253 e. The van der Waals surface area contributed by atoms with Crippen LogP contribution in [-0.4, -0.2) is 45.4 Å². The number of nitrogens with zero attached hydrogens (tertiary/aromatic N) is 3. The van der Waals surface area contributed by atoms with Crippen molar-refractivity contribution in [2.45, 2.75) is 19.4 Å². The molecular weight excluding hydrogens is 421 g/mol. The van der Waals surface area contributed by atoms with Gasteiger partial charge in [-0.05, 0) is 55.6 Å². The number of rotatable bonds is 6. The van der Waals surface area contributed by atoms with Crippen LogP contribution in [0.25, 0.3) is 11.5 Å². The lowest BCUT2D eigenvalue weighted by molar-refractivity contribution is 0.0690. The zero-order valence-corrected chi connectivity index (χ0v) is 18.0. The summed E-state index contributed by atoms with van der Waals surface area (Å²) in [5.74, 6) is 1.32. The lowest BCUT2D eigenvalue weighted by Gasteiger charge is -2.32. The van der Waals surface area contributed by atoms with Gasteiger partial charge in [-0.25, -0.2) is 9.97 Å². The highest BCUT2D eigenvalue weighted by molar-refractivity contribution is 6.42. The van der Waals surface area contributed by atoms with Crippen molar-refractivity contribution in [3.8, 4) is 11.5 Å². The van der Waals surface area contributed by atoms with E-state index in [4.69, 9.17) is 23.2 Å². The molecule has 1 aliphatic heterocycles. The Bertz CT molecular complexity index is 1000. The summed E-state index contributed by atoms with van der Waals surface area (Å²) in [4.78, 5) is 26.6. The van der Waals surface area contributed by atoms with Crippen LogP contribution in [-0.2, 0) is 6.54 Å². The fourth-order valence-electron chi connectivity index (χ4n) is 3.67. The van der Waals surface area contributed by atoms with Crippen LogP contribution in [0, 0.1) is 5.92 Å². The molecule has 1 aromatic carbocycles. The summed E-state index contributed by atoms with van der Waals surface area (Å²) >= 11 is 12.0. The maximum atomic E-state index is 12.7. The average Bonchev–Trinajstić information content (AvgIpc) is 3.31. The highest BCUT2D eigenvalue weighted by Crippen LogP contribution is 2.25. The van der Waals surface area contributed by atoms with Crippen LogP contribution in [0.5, 0.6) is 0 Å². The summed E-state index contributed by atoms with van der Waals surface area (Å²) in [6, 6.07) is 11.0. The summed E-state index contributed by atoms with van der Waals surface area (Å²) in [6.45, 7) is 3.10. The third-order valence-electron chi connectivity index (χ3n) is 5.36. The molecule has 2 N–H and O–H groups in total. The zero-order chi connectivity index (χ0) is 20.9.